The minimum atomic E-state index is -4.32. The number of rotatable bonds is 8. The third kappa shape index (κ3) is 12.6. The summed E-state index contributed by atoms with van der Waals surface area (Å²) in [5.74, 6) is -1.90. The number of methoxy groups -OCH3 is 2. The van der Waals surface area contributed by atoms with Crippen LogP contribution in [0.1, 0.15) is 25.7 Å². The van der Waals surface area contributed by atoms with Gasteiger partial charge in [0.2, 0.25) is 0 Å². The fraction of sp³-hybridized carbons (Fsp3) is 0.800. The molecule has 0 aromatic heterocycles. The van der Waals surface area contributed by atoms with E-state index in [4.69, 9.17) is 0 Å². The summed E-state index contributed by atoms with van der Waals surface area (Å²) in [6.45, 7) is 0. The zero-order valence-electron chi connectivity index (χ0n) is 11.4. The molecule has 19 heavy (non-hydrogen) atoms. The number of carbonyl (C=O) groups is 2. The van der Waals surface area contributed by atoms with E-state index in [0.717, 1.165) is 0 Å². The average molecular weight is 304 g/mol. The van der Waals surface area contributed by atoms with Gasteiger partial charge in [0, 0.05) is 18.6 Å². The Labute approximate surface area is 135 Å². The Bertz CT molecular complexity index is 379. The van der Waals surface area contributed by atoms with Gasteiger partial charge in [-0.25, -0.2) is 8.42 Å². The van der Waals surface area contributed by atoms with Crippen LogP contribution < -0.4 is 29.6 Å². The Morgan fingerprint density at radius 3 is 2.05 bits per heavy atom. The Morgan fingerprint density at radius 1 is 1.11 bits per heavy atom. The first-order valence-electron chi connectivity index (χ1n) is 5.35. The average Bonchev–Trinajstić information content (AvgIpc) is 2.30. The second-order valence-corrected chi connectivity index (χ2v) is 5.34. The summed E-state index contributed by atoms with van der Waals surface area (Å²) in [7, 11) is -1.88. The van der Waals surface area contributed by atoms with E-state index in [2.05, 4.69) is 9.47 Å². The molecule has 7 nitrogen and oxygen atoms in total. The molecule has 0 amide bonds. The van der Waals surface area contributed by atoms with Crippen molar-refractivity contribution < 1.29 is 61.6 Å². The Kier molecular flexibility index (Phi) is 11.8. The monoisotopic (exact) mass is 304 g/mol. The van der Waals surface area contributed by atoms with Crippen LogP contribution in [0.2, 0.25) is 0 Å². The first kappa shape index (κ1) is 21.2. The van der Waals surface area contributed by atoms with Crippen molar-refractivity contribution in [2.45, 2.75) is 25.7 Å². The van der Waals surface area contributed by atoms with Crippen molar-refractivity contribution in [3.63, 3.8) is 0 Å². The largest absolute Gasteiger partial charge is 1.00 e. The van der Waals surface area contributed by atoms with Gasteiger partial charge in [0.1, 0.15) is 0 Å². The molecule has 0 spiro atoms. The third-order valence-corrected chi connectivity index (χ3v) is 3.18. The van der Waals surface area contributed by atoms with Gasteiger partial charge >= 0.3 is 41.5 Å². The minimum absolute atomic E-state index is 0. The topological polar surface area (TPSA) is 110 Å². The molecule has 9 heteroatoms. The summed E-state index contributed by atoms with van der Waals surface area (Å²) in [6, 6.07) is 0. The van der Waals surface area contributed by atoms with Crippen LogP contribution in [0.5, 0.6) is 0 Å². The van der Waals surface area contributed by atoms with E-state index in [1.54, 1.807) is 0 Å². The van der Waals surface area contributed by atoms with Gasteiger partial charge in [-0.15, -0.1) is 0 Å². The number of ether oxygens (including phenoxy) is 2. The van der Waals surface area contributed by atoms with Crippen molar-refractivity contribution in [1.29, 1.82) is 0 Å². The van der Waals surface area contributed by atoms with Crippen LogP contribution in [0, 0.1) is 5.92 Å². The van der Waals surface area contributed by atoms with E-state index in [-0.39, 0.29) is 61.2 Å². The normalized spacial score (nSPS) is 12.2. The fourth-order valence-corrected chi connectivity index (χ4v) is 2.02. The molecule has 0 aliphatic carbocycles. The molecule has 0 bridgehead atoms. The number of esters is 2. The van der Waals surface area contributed by atoms with Gasteiger partial charge in [-0.1, -0.05) is 0 Å². The molecule has 0 radical (unpaired) electrons. The van der Waals surface area contributed by atoms with Crippen molar-refractivity contribution in [1.82, 2.24) is 0 Å². The summed E-state index contributed by atoms with van der Waals surface area (Å²) in [5.41, 5.74) is 0. The molecule has 0 saturated carbocycles. The molecule has 0 aliphatic heterocycles. The maximum absolute atomic E-state index is 11.1. The number of carbonyl (C=O) groups excluding carboxylic acids is 2. The minimum Gasteiger partial charge on any atom is -0.748 e. The van der Waals surface area contributed by atoms with Crippen LogP contribution in [0.4, 0.5) is 0 Å². The molecule has 0 N–H and O–H groups in total. The van der Waals surface area contributed by atoms with Crippen molar-refractivity contribution in [3.8, 4) is 0 Å². The zero-order chi connectivity index (χ0) is 14.2. The second-order valence-electron chi connectivity index (χ2n) is 3.81. The molecular weight excluding hydrogens is 287 g/mol. The molecular formula is C10H17NaO7S. The van der Waals surface area contributed by atoms with Crippen LogP contribution >= 0.6 is 0 Å². The zero-order valence-corrected chi connectivity index (χ0v) is 14.2. The number of hydrogen-bond donors (Lipinski definition) is 0. The molecule has 1 atom stereocenters. The van der Waals surface area contributed by atoms with E-state index in [9.17, 15) is 22.6 Å². The van der Waals surface area contributed by atoms with Crippen molar-refractivity contribution in [2.24, 2.45) is 5.92 Å². The van der Waals surface area contributed by atoms with E-state index >= 15 is 0 Å². The predicted octanol–water partition coefficient (Wildman–Crippen LogP) is -2.94. The Balaban J connectivity index is 0. The summed E-state index contributed by atoms with van der Waals surface area (Å²) in [4.78, 5) is 22.0. The van der Waals surface area contributed by atoms with Crippen LogP contribution in [-0.4, -0.2) is 44.9 Å². The molecule has 0 aromatic carbocycles. The van der Waals surface area contributed by atoms with E-state index in [1.807, 2.05) is 0 Å². The van der Waals surface area contributed by atoms with Crippen molar-refractivity contribution in [2.75, 3.05) is 20.0 Å². The van der Waals surface area contributed by atoms with E-state index < -0.39 is 27.8 Å². The molecule has 1 unspecified atom stereocenters. The van der Waals surface area contributed by atoms with Crippen LogP contribution in [0.3, 0.4) is 0 Å². The van der Waals surface area contributed by atoms with Gasteiger partial charge < -0.3 is 14.0 Å². The van der Waals surface area contributed by atoms with Crippen molar-refractivity contribution >= 4 is 22.1 Å². The maximum atomic E-state index is 11.1. The van der Waals surface area contributed by atoms with Gasteiger partial charge in [0.05, 0.1) is 24.3 Å². The predicted molar refractivity (Wildman–Crippen MR) is 60.6 cm³/mol. The third-order valence-electron chi connectivity index (χ3n) is 2.44. The van der Waals surface area contributed by atoms with E-state index in [0.29, 0.717) is 0 Å². The molecule has 0 fully saturated rings. The first-order chi connectivity index (χ1) is 8.28. The fourth-order valence-electron chi connectivity index (χ4n) is 1.40. The SMILES string of the molecule is COC(=O)CCC(CCS(=O)(=O)[O-])CC(=O)OC.[Na+]. The van der Waals surface area contributed by atoms with Crippen LogP contribution in [-0.2, 0) is 29.2 Å². The van der Waals surface area contributed by atoms with Gasteiger partial charge in [0.25, 0.3) is 0 Å². The molecule has 0 rings (SSSR count). The smallest absolute Gasteiger partial charge is 0.748 e. The van der Waals surface area contributed by atoms with Crippen molar-refractivity contribution in [3.05, 3.63) is 0 Å². The Morgan fingerprint density at radius 2 is 1.63 bits per heavy atom. The maximum Gasteiger partial charge on any atom is 1.00 e. The van der Waals surface area contributed by atoms with E-state index in [1.165, 1.54) is 14.2 Å². The van der Waals surface area contributed by atoms with Gasteiger partial charge in [-0.3, -0.25) is 9.59 Å². The second kappa shape index (κ2) is 10.6. The quantitative estimate of drug-likeness (QED) is 0.268. The van der Waals surface area contributed by atoms with Crippen LogP contribution in [0.15, 0.2) is 0 Å². The van der Waals surface area contributed by atoms with Gasteiger partial charge in [-0.05, 0) is 18.8 Å². The molecule has 0 aliphatic rings. The summed E-state index contributed by atoms with van der Waals surface area (Å²) in [6.07, 6.45) is 0.343. The Hall–Kier alpha value is -0.150. The summed E-state index contributed by atoms with van der Waals surface area (Å²) >= 11 is 0. The summed E-state index contributed by atoms with van der Waals surface area (Å²) in [5, 5.41) is 0. The standard InChI is InChI=1S/C10H18O7S.Na/c1-16-9(11)4-3-8(7-10(12)17-2)5-6-18(13,14)15;/h8H,3-7H2,1-2H3,(H,13,14,15);/q;+1/p-1. The molecule has 106 valence electrons. The van der Waals surface area contributed by atoms with Crippen LogP contribution in [0.25, 0.3) is 0 Å². The first-order valence-corrected chi connectivity index (χ1v) is 6.93. The molecule has 0 heterocycles. The van der Waals surface area contributed by atoms with Gasteiger partial charge in [-0.2, -0.15) is 0 Å². The van der Waals surface area contributed by atoms with Gasteiger partial charge in [0.15, 0.2) is 0 Å². The molecule has 0 aromatic rings. The number of hydrogen-bond acceptors (Lipinski definition) is 7. The molecule has 0 saturated heterocycles. The summed E-state index contributed by atoms with van der Waals surface area (Å²) < 4.78 is 40.5.